The molecule has 2 aromatic carbocycles. The van der Waals surface area contributed by atoms with Gasteiger partial charge in [0.1, 0.15) is 5.82 Å². The maximum Gasteiger partial charge on any atom is 0.311 e. The Hall–Kier alpha value is -3.05. The van der Waals surface area contributed by atoms with E-state index in [-0.39, 0.29) is 16.3 Å². The van der Waals surface area contributed by atoms with Crippen LogP contribution in [0.3, 0.4) is 0 Å². The molecule has 1 amide bonds. The summed E-state index contributed by atoms with van der Waals surface area (Å²) in [7, 11) is -0.933. The third-order valence-electron chi connectivity index (χ3n) is 4.17. The highest BCUT2D eigenvalue weighted by Crippen LogP contribution is 2.28. The number of amides is 1. The van der Waals surface area contributed by atoms with E-state index in [0.29, 0.717) is 11.1 Å². The molecule has 9 nitrogen and oxygen atoms in total. The van der Waals surface area contributed by atoms with Crippen molar-refractivity contribution in [3.63, 3.8) is 0 Å². The second kappa shape index (κ2) is 8.53. The van der Waals surface area contributed by atoms with Crippen LogP contribution in [0.5, 0.6) is 5.75 Å². The highest BCUT2D eigenvalue weighted by molar-refractivity contribution is 7.89. The van der Waals surface area contributed by atoms with Crippen molar-refractivity contribution in [3.8, 4) is 5.75 Å². The van der Waals surface area contributed by atoms with Crippen LogP contribution in [0.25, 0.3) is 0 Å². The Kier molecular flexibility index (Phi) is 6.55. The predicted octanol–water partition coefficient (Wildman–Crippen LogP) is 2.62. The molecule has 156 valence electrons. The number of sulfonamides is 1. The zero-order chi connectivity index (χ0) is 21.9. The lowest BCUT2D eigenvalue weighted by Crippen LogP contribution is -2.24. The summed E-state index contributed by atoms with van der Waals surface area (Å²) in [5, 5.41) is 13.5. The van der Waals surface area contributed by atoms with Gasteiger partial charge in [-0.25, -0.2) is 17.1 Å². The van der Waals surface area contributed by atoms with E-state index in [0.717, 1.165) is 22.5 Å². The van der Waals surface area contributed by atoms with Crippen molar-refractivity contribution in [2.75, 3.05) is 26.0 Å². The van der Waals surface area contributed by atoms with Crippen LogP contribution in [0.15, 0.2) is 35.2 Å². The first-order chi connectivity index (χ1) is 13.4. The highest BCUT2D eigenvalue weighted by atomic mass is 32.2. The van der Waals surface area contributed by atoms with Gasteiger partial charge in [-0.2, -0.15) is 0 Å². The van der Waals surface area contributed by atoms with E-state index in [1.165, 1.54) is 26.2 Å². The molecular formula is C18H20FN3O6S. The number of nitro benzene ring substituents is 1. The Balaban J connectivity index is 2.23. The molecule has 1 N–H and O–H groups in total. The van der Waals surface area contributed by atoms with Crippen molar-refractivity contribution in [2.45, 2.75) is 18.7 Å². The summed E-state index contributed by atoms with van der Waals surface area (Å²) in [4.78, 5) is 22.5. The van der Waals surface area contributed by atoms with Crippen molar-refractivity contribution in [1.82, 2.24) is 4.31 Å². The van der Waals surface area contributed by atoms with Gasteiger partial charge < -0.3 is 10.1 Å². The van der Waals surface area contributed by atoms with Crippen molar-refractivity contribution in [3.05, 3.63) is 57.4 Å². The molecule has 0 unspecified atom stereocenters. The summed E-state index contributed by atoms with van der Waals surface area (Å²) in [6.07, 6.45) is 0. The molecule has 0 saturated heterocycles. The number of benzene rings is 2. The minimum absolute atomic E-state index is 0.00240. The minimum Gasteiger partial charge on any atom is -0.477 e. The second-order valence-electron chi connectivity index (χ2n) is 6.41. The average Bonchev–Trinajstić information content (AvgIpc) is 2.63. The molecule has 0 atom stereocenters. The first kappa shape index (κ1) is 22.2. The van der Waals surface area contributed by atoms with E-state index in [1.807, 2.05) is 0 Å². The van der Waals surface area contributed by atoms with Gasteiger partial charge in [-0.15, -0.1) is 0 Å². The van der Waals surface area contributed by atoms with Crippen LogP contribution in [-0.4, -0.2) is 44.3 Å². The van der Waals surface area contributed by atoms with Crippen LogP contribution in [0.1, 0.15) is 11.1 Å². The van der Waals surface area contributed by atoms with Crippen LogP contribution in [0, 0.1) is 29.8 Å². The van der Waals surface area contributed by atoms with Gasteiger partial charge in [0.25, 0.3) is 5.91 Å². The molecule has 29 heavy (non-hydrogen) atoms. The third-order valence-corrected chi connectivity index (χ3v) is 5.96. The number of hydrogen-bond donors (Lipinski definition) is 1. The topological polar surface area (TPSA) is 119 Å². The van der Waals surface area contributed by atoms with Gasteiger partial charge in [-0.05, 0) is 43.2 Å². The average molecular weight is 425 g/mol. The van der Waals surface area contributed by atoms with E-state index in [4.69, 9.17) is 4.74 Å². The number of hydrogen-bond acceptors (Lipinski definition) is 6. The molecule has 0 aliphatic rings. The second-order valence-corrected chi connectivity index (χ2v) is 8.56. The molecule has 0 fully saturated rings. The number of carbonyl (C=O) groups excluding carboxylic acids is 1. The molecule has 0 radical (unpaired) electrons. The number of rotatable bonds is 7. The zero-order valence-corrected chi connectivity index (χ0v) is 17.0. The van der Waals surface area contributed by atoms with Gasteiger partial charge in [-0.1, -0.05) is 0 Å². The van der Waals surface area contributed by atoms with Crippen molar-refractivity contribution < 1.29 is 27.3 Å². The number of aryl methyl sites for hydroxylation is 1. The SMILES string of the molecule is Cc1cc(S(=O)(=O)N(C)C)cc(NC(=O)COc2cc(F)ccc2[N+](=O)[O-])c1C. The zero-order valence-electron chi connectivity index (χ0n) is 16.2. The van der Waals surface area contributed by atoms with Crippen molar-refractivity contribution in [1.29, 1.82) is 0 Å². The first-order valence-corrected chi connectivity index (χ1v) is 9.78. The Bertz CT molecular complexity index is 1070. The Morgan fingerprint density at radius 2 is 1.90 bits per heavy atom. The lowest BCUT2D eigenvalue weighted by atomic mass is 10.1. The maximum atomic E-state index is 13.3. The van der Waals surface area contributed by atoms with Gasteiger partial charge >= 0.3 is 5.69 Å². The molecule has 0 bridgehead atoms. The minimum atomic E-state index is -3.72. The number of nitrogens with one attached hydrogen (secondary N) is 1. The van der Waals surface area contributed by atoms with Crippen LogP contribution in [0.2, 0.25) is 0 Å². The number of nitro groups is 1. The molecule has 0 aliphatic carbocycles. The van der Waals surface area contributed by atoms with Gasteiger partial charge in [-0.3, -0.25) is 14.9 Å². The third kappa shape index (κ3) is 5.06. The van der Waals surface area contributed by atoms with Crippen molar-refractivity contribution >= 4 is 27.3 Å². The van der Waals surface area contributed by atoms with Gasteiger partial charge in [0.2, 0.25) is 15.8 Å². The van der Waals surface area contributed by atoms with E-state index < -0.39 is 39.0 Å². The monoisotopic (exact) mass is 425 g/mol. The van der Waals surface area contributed by atoms with E-state index in [9.17, 15) is 27.7 Å². The van der Waals surface area contributed by atoms with Crippen LogP contribution >= 0.6 is 0 Å². The molecule has 0 saturated carbocycles. The summed E-state index contributed by atoms with van der Waals surface area (Å²) in [6.45, 7) is 2.77. The fourth-order valence-electron chi connectivity index (χ4n) is 2.40. The Morgan fingerprint density at radius 1 is 1.24 bits per heavy atom. The van der Waals surface area contributed by atoms with Crippen LogP contribution < -0.4 is 10.1 Å². The van der Waals surface area contributed by atoms with E-state index in [2.05, 4.69) is 5.32 Å². The molecule has 0 aromatic heterocycles. The molecule has 2 rings (SSSR count). The van der Waals surface area contributed by atoms with Crippen LogP contribution in [-0.2, 0) is 14.8 Å². The number of carbonyl (C=O) groups is 1. The number of nitrogens with zero attached hydrogens (tertiary/aromatic N) is 2. The van der Waals surface area contributed by atoms with Gasteiger partial charge in [0, 0.05) is 31.9 Å². The normalized spacial score (nSPS) is 11.4. The lowest BCUT2D eigenvalue weighted by molar-refractivity contribution is -0.385. The molecule has 2 aromatic rings. The molecule has 0 spiro atoms. The summed E-state index contributed by atoms with van der Waals surface area (Å²) in [5.74, 6) is -1.83. The van der Waals surface area contributed by atoms with Crippen LogP contribution in [0.4, 0.5) is 15.8 Å². The summed E-state index contributed by atoms with van der Waals surface area (Å²) in [6, 6.07) is 5.47. The molecule has 0 heterocycles. The molecule has 0 aliphatic heterocycles. The Morgan fingerprint density at radius 3 is 2.48 bits per heavy atom. The number of halogens is 1. The molecule has 11 heteroatoms. The highest BCUT2D eigenvalue weighted by Gasteiger charge is 2.21. The smallest absolute Gasteiger partial charge is 0.311 e. The van der Waals surface area contributed by atoms with Gasteiger partial charge in [0.15, 0.2) is 6.61 Å². The fourth-order valence-corrected chi connectivity index (χ4v) is 3.41. The Labute approximate surface area is 167 Å². The standard InChI is InChI=1S/C18H20FN3O6S/c1-11-7-14(29(26,27)21(3)4)9-15(12(11)2)20-18(23)10-28-17-8-13(19)5-6-16(17)22(24)25/h5-9H,10H2,1-4H3,(H,20,23). The summed E-state index contributed by atoms with van der Waals surface area (Å²) in [5.41, 5.74) is 1.07. The lowest BCUT2D eigenvalue weighted by Gasteiger charge is -2.16. The maximum absolute atomic E-state index is 13.3. The van der Waals surface area contributed by atoms with E-state index >= 15 is 0 Å². The first-order valence-electron chi connectivity index (χ1n) is 8.34. The predicted molar refractivity (Wildman–Crippen MR) is 104 cm³/mol. The fraction of sp³-hybridized carbons (Fsp3) is 0.278. The van der Waals surface area contributed by atoms with Crippen molar-refractivity contribution in [2.24, 2.45) is 0 Å². The summed E-state index contributed by atoms with van der Waals surface area (Å²) >= 11 is 0. The quantitative estimate of drug-likeness (QED) is 0.538. The number of anilines is 1. The summed E-state index contributed by atoms with van der Waals surface area (Å²) < 4.78 is 44.2. The van der Waals surface area contributed by atoms with Gasteiger partial charge in [0.05, 0.1) is 9.82 Å². The van der Waals surface area contributed by atoms with E-state index in [1.54, 1.807) is 13.8 Å². The molecular weight excluding hydrogens is 405 g/mol. The largest absolute Gasteiger partial charge is 0.477 e. The number of ether oxygens (including phenoxy) is 1.